The Balaban J connectivity index is 2.88. The minimum atomic E-state index is -1.43. The largest absolute Gasteiger partial charge is 0.597 e. The van der Waals surface area contributed by atoms with E-state index in [4.69, 9.17) is 5.26 Å². The molecule has 2 N–H and O–H groups in total. The Morgan fingerprint density at radius 1 is 2.00 bits per heavy atom. The number of hydrogen-bond acceptors (Lipinski definition) is 3. The Labute approximate surface area is 39.1 Å². The van der Waals surface area contributed by atoms with Crippen LogP contribution in [0.5, 0.6) is 0 Å². The van der Waals surface area contributed by atoms with Gasteiger partial charge in [0.25, 0.3) is 0 Å². The van der Waals surface area contributed by atoms with E-state index >= 15 is 0 Å². The van der Waals surface area contributed by atoms with E-state index in [0.29, 0.717) is 0 Å². The maximum absolute atomic E-state index is 9.71. The Kier molecular flexibility index (Phi) is 2.85. The predicted molar refractivity (Wildman–Crippen MR) is 22.8 cm³/mol. The first kappa shape index (κ1) is 5.76. The Bertz CT molecular complexity index is 66.4. The lowest BCUT2D eigenvalue weighted by atomic mass is 10.9. The van der Waals surface area contributed by atoms with Crippen molar-refractivity contribution >= 4 is 11.4 Å². The van der Waals surface area contributed by atoms with Crippen molar-refractivity contribution in [1.82, 2.24) is 0 Å². The average molecular weight is 104 g/mol. The highest BCUT2D eigenvalue weighted by molar-refractivity contribution is 7.89. The number of hydrogen-bond donors (Lipinski definition) is 1. The summed E-state index contributed by atoms with van der Waals surface area (Å²) >= 11 is -1.43. The molecular formula is C2H4N2OS. The first-order valence-corrected chi connectivity index (χ1v) is 2.65. The summed E-state index contributed by atoms with van der Waals surface area (Å²) < 4.78 is 9.71. The minimum Gasteiger partial charge on any atom is -0.597 e. The van der Waals surface area contributed by atoms with Gasteiger partial charge in [-0.2, -0.15) is 10.4 Å². The van der Waals surface area contributed by atoms with Crippen LogP contribution in [-0.2, 0) is 11.4 Å². The normalized spacial score (nSPS) is 12.8. The van der Waals surface area contributed by atoms with Gasteiger partial charge in [0.05, 0.1) is 11.4 Å². The van der Waals surface area contributed by atoms with E-state index in [0.717, 1.165) is 0 Å². The molecule has 0 aliphatic heterocycles. The fourth-order valence-electron chi connectivity index (χ4n) is 0.0636. The second-order valence-corrected chi connectivity index (χ2v) is 1.73. The van der Waals surface area contributed by atoms with Crippen LogP contribution < -0.4 is 5.14 Å². The summed E-state index contributed by atoms with van der Waals surface area (Å²) in [5.74, 6) is -0.0694. The third kappa shape index (κ3) is 3.76. The van der Waals surface area contributed by atoms with Gasteiger partial charge in [0.1, 0.15) is 6.07 Å². The highest BCUT2D eigenvalue weighted by Gasteiger charge is 1.89. The molecule has 34 valence electrons. The van der Waals surface area contributed by atoms with Crippen LogP contribution in [-0.4, -0.2) is 10.3 Å². The van der Waals surface area contributed by atoms with Gasteiger partial charge in [-0.1, -0.05) is 0 Å². The zero-order valence-electron chi connectivity index (χ0n) is 3.05. The summed E-state index contributed by atoms with van der Waals surface area (Å²) in [4.78, 5) is 0. The van der Waals surface area contributed by atoms with Crippen LogP contribution in [0.2, 0.25) is 0 Å². The lowest BCUT2D eigenvalue weighted by Crippen LogP contribution is -2.14. The summed E-state index contributed by atoms with van der Waals surface area (Å²) in [6, 6.07) is 1.64. The highest BCUT2D eigenvalue weighted by Crippen LogP contribution is 1.69. The molecule has 0 spiro atoms. The molecule has 4 heteroatoms. The van der Waals surface area contributed by atoms with Gasteiger partial charge in [-0.25, -0.2) is 0 Å². The summed E-state index contributed by atoms with van der Waals surface area (Å²) in [6.07, 6.45) is 0. The zero-order valence-corrected chi connectivity index (χ0v) is 3.86. The number of rotatable bonds is 1. The predicted octanol–water partition coefficient (Wildman–Crippen LogP) is -0.868. The molecule has 0 amide bonds. The fraction of sp³-hybridized carbons (Fsp3) is 0.500. The molecule has 0 aliphatic rings. The maximum Gasteiger partial charge on any atom is 0.210 e. The van der Waals surface area contributed by atoms with Crippen molar-refractivity contribution in [3.8, 4) is 6.07 Å². The summed E-state index contributed by atoms with van der Waals surface area (Å²) in [6.45, 7) is 0. The molecule has 1 unspecified atom stereocenters. The van der Waals surface area contributed by atoms with Crippen LogP contribution in [0.3, 0.4) is 0 Å². The first-order valence-electron chi connectivity index (χ1n) is 1.27. The highest BCUT2D eigenvalue weighted by atomic mass is 32.2. The summed E-state index contributed by atoms with van der Waals surface area (Å²) in [7, 11) is 0. The Morgan fingerprint density at radius 2 is 2.50 bits per heavy atom. The number of nitrogens with zero attached hydrogens (tertiary/aromatic N) is 1. The molecule has 0 aliphatic carbocycles. The van der Waals surface area contributed by atoms with E-state index in [1.54, 1.807) is 6.07 Å². The molecule has 1 atom stereocenters. The molecule has 0 fully saturated rings. The Hall–Kier alpha value is -0.240. The quantitative estimate of drug-likeness (QED) is 0.439. The van der Waals surface area contributed by atoms with Gasteiger partial charge in [-0.05, 0) is 0 Å². The molecular weight excluding hydrogens is 100 g/mol. The molecule has 3 nitrogen and oxygen atoms in total. The van der Waals surface area contributed by atoms with Gasteiger partial charge in [0, 0.05) is 0 Å². The smallest absolute Gasteiger partial charge is 0.210 e. The second-order valence-electron chi connectivity index (χ2n) is 0.683. The van der Waals surface area contributed by atoms with Crippen molar-refractivity contribution in [1.29, 1.82) is 5.26 Å². The molecule has 0 heterocycles. The van der Waals surface area contributed by atoms with Gasteiger partial charge in [-0.15, -0.1) is 0 Å². The monoisotopic (exact) mass is 104 g/mol. The Morgan fingerprint density at radius 3 is 2.50 bits per heavy atom. The lowest BCUT2D eigenvalue weighted by Gasteiger charge is -1.91. The van der Waals surface area contributed by atoms with Crippen LogP contribution in [0.15, 0.2) is 0 Å². The molecule has 0 aromatic carbocycles. The summed E-state index contributed by atoms with van der Waals surface area (Å²) in [5, 5.41) is 12.4. The molecule has 6 heavy (non-hydrogen) atoms. The van der Waals surface area contributed by atoms with Gasteiger partial charge >= 0.3 is 0 Å². The van der Waals surface area contributed by atoms with Crippen molar-refractivity contribution in [3.05, 3.63) is 0 Å². The van der Waals surface area contributed by atoms with Gasteiger partial charge in [0.15, 0.2) is 0 Å². The number of nitriles is 1. The van der Waals surface area contributed by atoms with Crippen molar-refractivity contribution < 1.29 is 4.55 Å². The van der Waals surface area contributed by atoms with E-state index in [9.17, 15) is 4.55 Å². The van der Waals surface area contributed by atoms with E-state index in [2.05, 4.69) is 5.14 Å². The minimum absolute atomic E-state index is 0.0694. The molecule has 0 radical (unpaired) electrons. The number of nitrogens with two attached hydrogens (primary N) is 1. The van der Waals surface area contributed by atoms with E-state index in [-0.39, 0.29) is 5.75 Å². The second kappa shape index (κ2) is 2.97. The van der Waals surface area contributed by atoms with Crippen molar-refractivity contribution in [2.24, 2.45) is 5.14 Å². The SMILES string of the molecule is N#CC[S+](N)[O-]. The summed E-state index contributed by atoms with van der Waals surface area (Å²) in [5.41, 5.74) is 0. The van der Waals surface area contributed by atoms with Crippen LogP contribution in [0.4, 0.5) is 0 Å². The topological polar surface area (TPSA) is 72.9 Å². The van der Waals surface area contributed by atoms with Gasteiger partial charge < -0.3 is 4.55 Å². The van der Waals surface area contributed by atoms with E-state index < -0.39 is 11.4 Å². The van der Waals surface area contributed by atoms with Crippen LogP contribution in [0.25, 0.3) is 0 Å². The zero-order chi connectivity index (χ0) is 4.99. The third-order valence-corrected chi connectivity index (χ3v) is 0.620. The third-order valence-electron chi connectivity index (χ3n) is 0.207. The van der Waals surface area contributed by atoms with E-state index in [1.165, 1.54) is 0 Å². The lowest BCUT2D eigenvalue weighted by molar-refractivity contribution is 0.600. The molecule has 0 bridgehead atoms. The van der Waals surface area contributed by atoms with Crippen LogP contribution in [0, 0.1) is 11.3 Å². The van der Waals surface area contributed by atoms with Crippen molar-refractivity contribution in [2.45, 2.75) is 0 Å². The van der Waals surface area contributed by atoms with Gasteiger partial charge in [0.2, 0.25) is 5.75 Å². The van der Waals surface area contributed by atoms with Crippen molar-refractivity contribution in [3.63, 3.8) is 0 Å². The molecule has 0 saturated carbocycles. The maximum atomic E-state index is 9.71. The van der Waals surface area contributed by atoms with Gasteiger partial charge in [-0.3, -0.25) is 0 Å². The molecule has 0 saturated heterocycles. The molecule has 0 rings (SSSR count). The fourth-order valence-corrected chi connectivity index (χ4v) is 0.191. The average Bonchev–Trinajstić information content (AvgIpc) is 1.35. The first-order chi connectivity index (χ1) is 2.77. The molecule has 0 aromatic heterocycles. The van der Waals surface area contributed by atoms with Crippen molar-refractivity contribution in [2.75, 3.05) is 5.75 Å². The standard InChI is InChI=1S/C2H4N2OS/c3-1-2-6(4)5/h2,4H2. The molecule has 0 aromatic rings. The van der Waals surface area contributed by atoms with E-state index in [1.807, 2.05) is 0 Å². The van der Waals surface area contributed by atoms with Crippen LogP contribution in [0.1, 0.15) is 0 Å². The van der Waals surface area contributed by atoms with Crippen LogP contribution >= 0.6 is 0 Å².